The fraction of sp³-hybridized carbons (Fsp3) is 0.500. The fourth-order valence-corrected chi connectivity index (χ4v) is 1.57. The lowest BCUT2D eigenvalue weighted by Gasteiger charge is -2.10. The molecule has 1 aliphatic rings. The van der Waals surface area contributed by atoms with Crippen molar-refractivity contribution in [2.24, 2.45) is 0 Å². The highest BCUT2D eigenvalue weighted by molar-refractivity contribution is 5.36. The fourth-order valence-electron chi connectivity index (χ4n) is 1.57. The highest BCUT2D eigenvalue weighted by atomic mass is 16.6. The second-order valence-electron chi connectivity index (χ2n) is 3.61. The van der Waals surface area contributed by atoms with Crippen LogP contribution in [0, 0.1) is 17.0 Å². The third-order valence-corrected chi connectivity index (χ3v) is 2.40. The standard InChI is InChI=1S/C10H12N2O4/c1-7-9(12(13)14)2-3-10(11-7)16-8-4-5-15-6-8/h2-3,8H,4-6H2,1H3. The summed E-state index contributed by atoms with van der Waals surface area (Å²) in [5.41, 5.74) is 0.372. The van der Waals surface area contributed by atoms with Crippen LogP contribution in [-0.2, 0) is 4.74 Å². The maximum Gasteiger partial charge on any atom is 0.290 e. The van der Waals surface area contributed by atoms with Gasteiger partial charge >= 0.3 is 0 Å². The summed E-state index contributed by atoms with van der Waals surface area (Å²) >= 11 is 0. The molecule has 1 saturated heterocycles. The lowest BCUT2D eigenvalue weighted by molar-refractivity contribution is -0.385. The second-order valence-corrected chi connectivity index (χ2v) is 3.61. The summed E-state index contributed by atoms with van der Waals surface area (Å²) in [6, 6.07) is 2.93. The van der Waals surface area contributed by atoms with Crippen LogP contribution in [0.2, 0.25) is 0 Å². The Bertz CT molecular complexity index is 402. The molecule has 1 aliphatic heterocycles. The lowest BCUT2D eigenvalue weighted by atomic mass is 10.3. The molecule has 86 valence electrons. The van der Waals surface area contributed by atoms with Crippen molar-refractivity contribution < 1.29 is 14.4 Å². The first-order valence-electron chi connectivity index (χ1n) is 5.03. The van der Waals surface area contributed by atoms with Crippen LogP contribution >= 0.6 is 0 Å². The van der Waals surface area contributed by atoms with Crippen molar-refractivity contribution >= 4 is 5.69 Å². The number of hydrogen-bond acceptors (Lipinski definition) is 5. The van der Waals surface area contributed by atoms with Crippen molar-refractivity contribution in [1.82, 2.24) is 4.98 Å². The Labute approximate surface area is 92.3 Å². The average Bonchev–Trinajstić information content (AvgIpc) is 2.70. The molecule has 0 radical (unpaired) electrons. The Hall–Kier alpha value is -1.69. The van der Waals surface area contributed by atoms with E-state index in [9.17, 15) is 10.1 Å². The van der Waals surface area contributed by atoms with Gasteiger partial charge in [-0.1, -0.05) is 0 Å². The molecule has 1 atom stereocenters. The van der Waals surface area contributed by atoms with Gasteiger partial charge in [-0.25, -0.2) is 4.98 Å². The van der Waals surface area contributed by atoms with Crippen molar-refractivity contribution in [2.75, 3.05) is 13.2 Å². The quantitative estimate of drug-likeness (QED) is 0.574. The van der Waals surface area contributed by atoms with E-state index in [1.165, 1.54) is 12.1 Å². The van der Waals surface area contributed by atoms with Gasteiger partial charge in [0, 0.05) is 18.6 Å². The number of ether oxygens (including phenoxy) is 2. The smallest absolute Gasteiger partial charge is 0.290 e. The van der Waals surface area contributed by atoms with Gasteiger partial charge in [0.2, 0.25) is 5.88 Å². The molecule has 2 rings (SSSR count). The van der Waals surface area contributed by atoms with Gasteiger partial charge in [-0.3, -0.25) is 10.1 Å². The Balaban J connectivity index is 2.11. The predicted octanol–water partition coefficient (Wildman–Crippen LogP) is 1.47. The largest absolute Gasteiger partial charge is 0.472 e. The van der Waals surface area contributed by atoms with E-state index in [1.807, 2.05) is 0 Å². The summed E-state index contributed by atoms with van der Waals surface area (Å²) < 4.78 is 10.7. The highest BCUT2D eigenvalue weighted by Gasteiger charge is 2.19. The minimum atomic E-state index is -0.454. The summed E-state index contributed by atoms with van der Waals surface area (Å²) in [6.45, 7) is 2.84. The molecule has 1 unspecified atom stereocenters. The van der Waals surface area contributed by atoms with Crippen LogP contribution in [0.15, 0.2) is 12.1 Å². The van der Waals surface area contributed by atoms with E-state index >= 15 is 0 Å². The monoisotopic (exact) mass is 224 g/mol. The van der Waals surface area contributed by atoms with Crippen LogP contribution in [0.25, 0.3) is 0 Å². The van der Waals surface area contributed by atoms with Crippen molar-refractivity contribution in [2.45, 2.75) is 19.4 Å². The third-order valence-electron chi connectivity index (χ3n) is 2.40. The number of nitrogens with zero attached hydrogens (tertiary/aromatic N) is 2. The number of pyridine rings is 1. The molecule has 16 heavy (non-hydrogen) atoms. The van der Waals surface area contributed by atoms with Crippen LogP contribution in [-0.4, -0.2) is 29.2 Å². The first kappa shape index (κ1) is 10.8. The van der Waals surface area contributed by atoms with Gasteiger partial charge in [0.1, 0.15) is 11.8 Å². The molecule has 0 aliphatic carbocycles. The maximum atomic E-state index is 10.6. The molecule has 1 fully saturated rings. The van der Waals surface area contributed by atoms with Gasteiger partial charge in [-0.15, -0.1) is 0 Å². The molecule has 2 heterocycles. The summed E-state index contributed by atoms with van der Waals surface area (Å²) in [6.07, 6.45) is 0.839. The van der Waals surface area contributed by atoms with Crippen molar-refractivity contribution in [3.8, 4) is 5.88 Å². The minimum absolute atomic E-state index is 0.00774. The Morgan fingerprint density at radius 3 is 3.00 bits per heavy atom. The van der Waals surface area contributed by atoms with E-state index in [0.29, 0.717) is 24.8 Å². The summed E-state index contributed by atoms with van der Waals surface area (Å²) in [4.78, 5) is 14.2. The van der Waals surface area contributed by atoms with E-state index in [2.05, 4.69) is 4.98 Å². The van der Waals surface area contributed by atoms with Crippen LogP contribution in [0.1, 0.15) is 12.1 Å². The van der Waals surface area contributed by atoms with Gasteiger partial charge in [-0.05, 0) is 6.92 Å². The molecule has 6 heteroatoms. The highest BCUT2D eigenvalue weighted by Crippen LogP contribution is 2.21. The predicted molar refractivity (Wildman–Crippen MR) is 55.5 cm³/mol. The lowest BCUT2D eigenvalue weighted by Crippen LogP contribution is -2.16. The Morgan fingerprint density at radius 2 is 2.44 bits per heavy atom. The van der Waals surface area contributed by atoms with Crippen molar-refractivity contribution in [3.05, 3.63) is 27.9 Å². The molecular weight excluding hydrogens is 212 g/mol. The zero-order valence-corrected chi connectivity index (χ0v) is 8.88. The van der Waals surface area contributed by atoms with Crippen LogP contribution < -0.4 is 4.74 Å². The molecular formula is C10H12N2O4. The van der Waals surface area contributed by atoms with Crippen LogP contribution in [0.3, 0.4) is 0 Å². The first-order valence-corrected chi connectivity index (χ1v) is 5.03. The number of rotatable bonds is 3. The van der Waals surface area contributed by atoms with E-state index < -0.39 is 4.92 Å². The molecule has 1 aromatic heterocycles. The number of nitro groups is 1. The molecule has 6 nitrogen and oxygen atoms in total. The average molecular weight is 224 g/mol. The molecule has 0 spiro atoms. The molecule has 0 saturated carbocycles. The van der Waals surface area contributed by atoms with E-state index in [4.69, 9.17) is 9.47 Å². The minimum Gasteiger partial charge on any atom is -0.472 e. The van der Waals surface area contributed by atoms with E-state index in [-0.39, 0.29) is 11.8 Å². The third kappa shape index (κ3) is 2.27. The van der Waals surface area contributed by atoms with Crippen LogP contribution in [0.5, 0.6) is 5.88 Å². The van der Waals surface area contributed by atoms with Gasteiger partial charge in [-0.2, -0.15) is 0 Å². The van der Waals surface area contributed by atoms with Crippen molar-refractivity contribution in [3.63, 3.8) is 0 Å². The first-order chi connectivity index (χ1) is 7.66. The molecule has 0 aromatic carbocycles. The van der Waals surface area contributed by atoms with Crippen molar-refractivity contribution in [1.29, 1.82) is 0 Å². The molecule has 0 N–H and O–H groups in total. The summed E-state index contributed by atoms with van der Waals surface area (Å²) in [5, 5.41) is 10.6. The van der Waals surface area contributed by atoms with Gasteiger partial charge < -0.3 is 9.47 Å². The normalized spacial score (nSPS) is 19.7. The van der Waals surface area contributed by atoms with Crippen LogP contribution in [0.4, 0.5) is 5.69 Å². The zero-order valence-electron chi connectivity index (χ0n) is 8.88. The van der Waals surface area contributed by atoms with Gasteiger partial charge in [0.15, 0.2) is 0 Å². The SMILES string of the molecule is Cc1nc(OC2CCOC2)ccc1[N+](=O)[O-]. The molecule has 1 aromatic rings. The second kappa shape index (κ2) is 4.44. The maximum absolute atomic E-state index is 10.6. The Morgan fingerprint density at radius 1 is 1.62 bits per heavy atom. The molecule has 0 bridgehead atoms. The number of aryl methyl sites for hydroxylation is 1. The van der Waals surface area contributed by atoms with Gasteiger partial charge in [0.25, 0.3) is 5.69 Å². The summed E-state index contributed by atoms with van der Waals surface area (Å²) in [5.74, 6) is 0.415. The van der Waals surface area contributed by atoms with Gasteiger partial charge in [0.05, 0.1) is 18.1 Å². The molecule has 0 amide bonds. The zero-order chi connectivity index (χ0) is 11.5. The number of aromatic nitrogens is 1. The summed E-state index contributed by atoms with van der Waals surface area (Å²) in [7, 11) is 0. The van der Waals surface area contributed by atoms with E-state index in [1.54, 1.807) is 6.92 Å². The van der Waals surface area contributed by atoms with E-state index in [0.717, 1.165) is 6.42 Å². The Kier molecular flexibility index (Phi) is 3.00. The topological polar surface area (TPSA) is 74.5 Å². The number of hydrogen-bond donors (Lipinski definition) is 0.